The van der Waals surface area contributed by atoms with Crippen molar-refractivity contribution in [2.45, 2.75) is 20.3 Å². The molecule has 0 saturated heterocycles. The first-order chi connectivity index (χ1) is 8.99. The molecule has 0 aromatic heterocycles. The van der Waals surface area contributed by atoms with Crippen LogP contribution in [0.4, 0.5) is 4.39 Å². The van der Waals surface area contributed by atoms with Gasteiger partial charge in [-0.15, -0.1) is 0 Å². The normalized spacial score (nSPS) is 10.5. The molecule has 0 fully saturated rings. The molecule has 0 spiro atoms. The Morgan fingerprint density at radius 1 is 1.11 bits per heavy atom. The number of hydrogen-bond acceptors (Lipinski definition) is 1. The average molecular weight is 258 g/mol. The smallest absolute Gasteiger partial charge is 0.307 e. The fourth-order valence-corrected chi connectivity index (χ4v) is 2.26. The number of carboxylic acid groups (broad SMARTS) is 1. The molecule has 0 heterocycles. The van der Waals surface area contributed by atoms with Gasteiger partial charge in [0.15, 0.2) is 0 Å². The van der Waals surface area contributed by atoms with Crippen LogP contribution in [0.25, 0.3) is 11.1 Å². The fraction of sp³-hybridized carbons (Fsp3) is 0.188. The van der Waals surface area contributed by atoms with Crippen LogP contribution in [0.5, 0.6) is 0 Å². The highest BCUT2D eigenvalue weighted by atomic mass is 19.1. The highest BCUT2D eigenvalue weighted by Crippen LogP contribution is 2.28. The van der Waals surface area contributed by atoms with Gasteiger partial charge in [0.25, 0.3) is 0 Å². The van der Waals surface area contributed by atoms with E-state index in [1.165, 1.54) is 12.1 Å². The summed E-state index contributed by atoms with van der Waals surface area (Å²) in [4.78, 5) is 10.9. The summed E-state index contributed by atoms with van der Waals surface area (Å²) in [6.45, 7) is 3.81. The van der Waals surface area contributed by atoms with Crippen molar-refractivity contribution in [2.75, 3.05) is 0 Å². The highest BCUT2D eigenvalue weighted by Gasteiger charge is 2.12. The van der Waals surface area contributed by atoms with E-state index in [0.29, 0.717) is 0 Å². The van der Waals surface area contributed by atoms with E-state index < -0.39 is 5.97 Å². The predicted octanol–water partition coefficient (Wildman–Crippen LogP) is 3.74. The molecule has 0 aliphatic rings. The molecule has 0 aliphatic heterocycles. The van der Waals surface area contributed by atoms with Crippen LogP contribution in [0, 0.1) is 19.7 Å². The second kappa shape index (κ2) is 5.22. The van der Waals surface area contributed by atoms with Crippen LogP contribution in [-0.4, -0.2) is 11.1 Å². The maximum Gasteiger partial charge on any atom is 0.307 e. The van der Waals surface area contributed by atoms with Gasteiger partial charge in [0.2, 0.25) is 0 Å². The van der Waals surface area contributed by atoms with Gasteiger partial charge in [-0.2, -0.15) is 0 Å². The SMILES string of the molecule is Cc1ccc(-c2ccc(F)cc2)c(C)c1CC(=O)O. The molecule has 0 unspecified atom stereocenters. The standard InChI is InChI=1S/C16H15FO2/c1-10-3-8-14(11(2)15(10)9-16(18)19)12-4-6-13(17)7-5-12/h3-8H,9H2,1-2H3,(H,18,19). The van der Waals surface area contributed by atoms with Gasteiger partial charge < -0.3 is 5.11 Å². The summed E-state index contributed by atoms with van der Waals surface area (Å²) in [6.07, 6.45) is 0.00665. The van der Waals surface area contributed by atoms with Gasteiger partial charge in [0.05, 0.1) is 6.42 Å². The zero-order valence-corrected chi connectivity index (χ0v) is 10.9. The lowest BCUT2D eigenvalue weighted by atomic mass is 9.92. The van der Waals surface area contributed by atoms with Gasteiger partial charge in [-0.25, -0.2) is 4.39 Å². The van der Waals surface area contributed by atoms with Crippen molar-refractivity contribution in [2.24, 2.45) is 0 Å². The molecule has 98 valence electrons. The topological polar surface area (TPSA) is 37.3 Å². The number of aryl methyl sites for hydroxylation is 1. The van der Waals surface area contributed by atoms with E-state index in [2.05, 4.69) is 0 Å². The Bertz CT molecular complexity index is 615. The van der Waals surface area contributed by atoms with E-state index in [1.807, 2.05) is 26.0 Å². The summed E-state index contributed by atoms with van der Waals surface area (Å²) in [6, 6.07) is 10.1. The first-order valence-electron chi connectivity index (χ1n) is 6.06. The summed E-state index contributed by atoms with van der Waals surface area (Å²) >= 11 is 0. The molecular weight excluding hydrogens is 243 g/mol. The van der Waals surface area contributed by atoms with Crippen LogP contribution >= 0.6 is 0 Å². The van der Waals surface area contributed by atoms with Crippen molar-refractivity contribution in [3.63, 3.8) is 0 Å². The van der Waals surface area contributed by atoms with Gasteiger partial charge >= 0.3 is 5.97 Å². The second-order valence-corrected chi connectivity index (χ2v) is 4.61. The summed E-state index contributed by atoms with van der Waals surface area (Å²) < 4.78 is 12.9. The second-order valence-electron chi connectivity index (χ2n) is 4.61. The minimum atomic E-state index is -0.845. The molecular formula is C16H15FO2. The molecule has 2 rings (SSSR count). The van der Waals surface area contributed by atoms with Gasteiger partial charge in [0.1, 0.15) is 5.82 Å². The molecule has 0 aliphatic carbocycles. The third kappa shape index (κ3) is 2.81. The van der Waals surface area contributed by atoms with Crippen LogP contribution in [0.1, 0.15) is 16.7 Å². The summed E-state index contributed by atoms with van der Waals surface area (Å²) in [5.41, 5.74) is 4.57. The zero-order chi connectivity index (χ0) is 14.0. The molecule has 0 radical (unpaired) electrons. The van der Waals surface area contributed by atoms with Crippen molar-refractivity contribution in [1.82, 2.24) is 0 Å². The van der Waals surface area contributed by atoms with E-state index in [0.717, 1.165) is 27.8 Å². The monoisotopic (exact) mass is 258 g/mol. The summed E-state index contributed by atoms with van der Waals surface area (Å²) in [7, 11) is 0. The fourth-order valence-electron chi connectivity index (χ4n) is 2.26. The number of benzene rings is 2. The molecule has 2 aromatic rings. The first-order valence-corrected chi connectivity index (χ1v) is 6.06. The zero-order valence-electron chi connectivity index (χ0n) is 10.9. The molecule has 0 atom stereocenters. The summed E-state index contributed by atoms with van der Waals surface area (Å²) in [5.74, 6) is -1.12. The molecule has 0 bridgehead atoms. The van der Waals surface area contributed by atoms with Crippen molar-refractivity contribution in [3.05, 3.63) is 58.9 Å². The van der Waals surface area contributed by atoms with Gasteiger partial charge in [-0.3, -0.25) is 4.79 Å². The van der Waals surface area contributed by atoms with Crippen LogP contribution in [0.15, 0.2) is 36.4 Å². The Labute approximate surface area is 111 Å². The van der Waals surface area contributed by atoms with Crippen molar-refractivity contribution >= 4 is 5.97 Å². The number of rotatable bonds is 3. The third-order valence-electron chi connectivity index (χ3n) is 3.32. The molecule has 2 nitrogen and oxygen atoms in total. The molecule has 19 heavy (non-hydrogen) atoms. The lowest BCUT2D eigenvalue weighted by Crippen LogP contribution is -2.05. The van der Waals surface area contributed by atoms with Crippen molar-refractivity contribution in [1.29, 1.82) is 0 Å². The van der Waals surface area contributed by atoms with Crippen molar-refractivity contribution < 1.29 is 14.3 Å². The molecule has 3 heteroatoms. The minimum absolute atomic E-state index is 0.00665. The van der Waals surface area contributed by atoms with Gasteiger partial charge in [-0.1, -0.05) is 24.3 Å². The number of halogens is 1. The van der Waals surface area contributed by atoms with Crippen LogP contribution in [0.2, 0.25) is 0 Å². The van der Waals surface area contributed by atoms with E-state index in [1.54, 1.807) is 12.1 Å². The predicted molar refractivity (Wildman–Crippen MR) is 72.6 cm³/mol. The Morgan fingerprint density at radius 3 is 2.32 bits per heavy atom. The van der Waals surface area contributed by atoms with Gasteiger partial charge in [-0.05, 0) is 53.8 Å². The number of hydrogen-bond donors (Lipinski definition) is 1. The molecule has 0 saturated carbocycles. The van der Waals surface area contributed by atoms with Gasteiger partial charge in [0, 0.05) is 0 Å². The van der Waals surface area contributed by atoms with E-state index in [9.17, 15) is 9.18 Å². The Balaban J connectivity index is 2.53. The largest absolute Gasteiger partial charge is 0.481 e. The molecule has 0 amide bonds. The Morgan fingerprint density at radius 2 is 1.74 bits per heavy atom. The van der Waals surface area contributed by atoms with Crippen LogP contribution in [0.3, 0.4) is 0 Å². The lowest BCUT2D eigenvalue weighted by molar-refractivity contribution is -0.136. The van der Waals surface area contributed by atoms with E-state index in [-0.39, 0.29) is 12.2 Å². The highest BCUT2D eigenvalue weighted by molar-refractivity contribution is 5.75. The van der Waals surface area contributed by atoms with E-state index >= 15 is 0 Å². The number of carbonyl (C=O) groups is 1. The first kappa shape index (κ1) is 13.3. The Kier molecular flexibility index (Phi) is 3.65. The average Bonchev–Trinajstić information content (AvgIpc) is 2.36. The van der Waals surface area contributed by atoms with E-state index in [4.69, 9.17) is 5.11 Å². The third-order valence-corrected chi connectivity index (χ3v) is 3.32. The maximum atomic E-state index is 12.9. The van der Waals surface area contributed by atoms with Crippen molar-refractivity contribution in [3.8, 4) is 11.1 Å². The quantitative estimate of drug-likeness (QED) is 0.910. The summed E-state index contributed by atoms with van der Waals surface area (Å²) in [5, 5.41) is 8.96. The van der Waals surface area contributed by atoms with Crippen LogP contribution < -0.4 is 0 Å². The van der Waals surface area contributed by atoms with Crippen LogP contribution in [-0.2, 0) is 11.2 Å². The Hall–Kier alpha value is -2.16. The minimum Gasteiger partial charge on any atom is -0.481 e. The number of carboxylic acids is 1. The number of aliphatic carboxylic acids is 1. The molecule has 2 aromatic carbocycles. The lowest BCUT2D eigenvalue weighted by Gasteiger charge is -2.13. The molecule has 1 N–H and O–H groups in total. The maximum absolute atomic E-state index is 12.9.